The van der Waals surface area contributed by atoms with Gasteiger partial charge >= 0.3 is 6.18 Å². The topological polar surface area (TPSA) is 38.3 Å². The molecule has 0 atom stereocenters. The van der Waals surface area contributed by atoms with E-state index in [2.05, 4.69) is 37.2 Å². The molecule has 0 aromatic heterocycles. The van der Waals surface area contributed by atoms with Crippen LogP contribution >= 0.6 is 55.1 Å². The Balaban J connectivity index is 1.60. The van der Waals surface area contributed by atoms with Crippen LogP contribution in [0.1, 0.15) is 22.3 Å². The molecule has 0 saturated heterocycles. The van der Waals surface area contributed by atoms with Gasteiger partial charge in [0, 0.05) is 32.4 Å². The molecule has 0 aliphatic carbocycles. The summed E-state index contributed by atoms with van der Waals surface area (Å²) >= 11 is 19.0. The van der Waals surface area contributed by atoms with Crippen molar-refractivity contribution in [2.75, 3.05) is 5.32 Å². The number of ether oxygens (including phenoxy) is 1. The van der Waals surface area contributed by atoms with Crippen molar-refractivity contribution in [3.63, 3.8) is 0 Å². The Morgan fingerprint density at radius 1 is 1.00 bits per heavy atom. The second kappa shape index (κ2) is 9.33. The maximum absolute atomic E-state index is 13.0. The predicted octanol–water partition coefficient (Wildman–Crippen LogP) is 8.61. The smallest absolute Gasteiger partial charge is 0.416 e. The third kappa shape index (κ3) is 5.24. The summed E-state index contributed by atoms with van der Waals surface area (Å²) in [6, 6.07) is 11.8. The zero-order valence-corrected chi connectivity index (χ0v) is 21.0. The van der Waals surface area contributed by atoms with E-state index in [4.69, 9.17) is 27.9 Å². The van der Waals surface area contributed by atoms with Gasteiger partial charge in [0.25, 0.3) is 5.91 Å². The number of nitrogens with one attached hydrogen (secondary N) is 1. The number of amides is 1. The molecule has 170 valence electrons. The van der Waals surface area contributed by atoms with E-state index < -0.39 is 17.6 Å². The van der Waals surface area contributed by atoms with Crippen molar-refractivity contribution in [3.05, 3.63) is 89.8 Å². The minimum atomic E-state index is -4.49. The quantitative estimate of drug-likeness (QED) is 0.296. The van der Waals surface area contributed by atoms with E-state index in [1.54, 1.807) is 36.4 Å². The molecule has 1 N–H and O–H groups in total. The lowest BCUT2D eigenvalue weighted by Gasteiger charge is -2.13. The van der Waals surface area contributed by atoms with Crippen LogP contribution in [0.15, 0.2) is 57.5 Å². The van der Waals surface area contributed by atoms with E-state index >= 15 is 0 Å². The van der Waals surface area contributed by atoms with E-state index in [9.17, 15) is 18.0 Å². The Bertz CT molecular complexity index is 1290. The molecule has 4 rings (SSSR count). The highest BCUT2D eigenvalue weighted by atomic mass is 79.9. The minimum absolute atomic E-state index is 0.124. The van der Waals surface area contributed by atoms with Gasteiger partial charge < -0.3 is 10.1 Å². The fraction of sp³-hybridized carbons (Fsp3) is 0.0870. The highest BCUT2D eigenvalue weighted by molar-refractivity contribution is 9.11. The lowest BCUT2D eigenvalue weighted by Crippen LogP contribution is -2.06. The molecule has 3 aromatic carbocycles. The Kier molecular flexibility index (Phi) is 6.82. The molecule has 1 heterocycles. The summed E-state index contributed by atoms with van der Waals surface area (Å²) in [5.41, 5.74) is 1.36. The summed E-state index contributed by atoms with van der Waals surface area (Å²) in [6.07, 6.45) is -2.89. The van der Waals surface area contributed by atoms with Gasteiger partial charge in [0.15, 0.2) is 0 Å². The van der Waals surface area contributed by atoms with Crippen molar-refractivity contribution in [2.45, 2.75) is 12.8 Å². The van der Waals surface area contributed by atoms with Crippen LogP contribution in [0.2, 0.25) is 10.0 Å². The van der Waals surface area contributed by atoms with Crippen molar-refractivity contribution in [3.8, 4) is 5.75 Å². The molecule has 1 aliphatic rings. The average Bonchev–Trinajstić information content (AvgIpc) is 3.02. The summed E-state index contributed by atoms with van der Waals surface area (Å²) in [5, 5.41) is 3.50. The third-order valence-corrected chi connectivity index (χ3v) is 6.61. The van der Waals surface area contributed by atoms with E-state index in [0.29, 0.717) is 35.9 Å². The van der Waals surface area contributed by atoms with E-state index in [1.807, 2.05) is 0 Å². The fourth-order valence-corrected chi connectivity index (χ4v) is 5.18. The molecule has 1 aliphatic heterocycles. The van der Waals surface area contributed by atoms with Crippen molar-refractivity contribution < 1.29 is 22.7 Å². The Labute approximate surface area is 213 Å². The van der Waals surface area contributed by atoms with E-state index in [0.717, 1.165) is 17.7 Å². The zero-order chi connectivity index (χ0) is 23.9. The van der Waals surface area contributed by atoms with Crippen molar-refractivity contribution in [2.24, 2.45) is 0 Å². The van der Waals surface area contributed by atoms with Crippen molar-refractivity contribution >= 4 is 78.3 Å². The Hall–Kier alpha value is -2.00. The molecule has 0 spiro atoms. The lowest BCUT2D eigenvalue weighted by molar-refractivity contribution is -0.137. The molecule has 0 bridgehead atoms. The Morgan fingerprint density at radius 3 is 2.33 bits per heavy atom. The molecule has 0 saturated carbocycles. The first-order valence-electron chi connectivity index (χ1n) is 9.33. The minimum Gasteiger partial charge on any atom is -0.486 e. The van der Waals surface area contributed by atoms with Crippen LogP contribution in [0, 0.1) is 0 Å². The van der Waals surface area contributed by atoms with Gasteiger partial charge in [0.05, 0.1) is 14.5 Å². The Morgan fingerprint density at radius 2 is 1.70 bits per heavy atom. The zero-order valence-electron chi connectivity index (χ0n) is 16.4. The molecular formula is C23H12Br2Cl2F3NO2. The SMILES string of the molecule is O=C1Nc2cc(C(F)(F)F)ccc2/C1=C/c1cc(Br)c(OCc2ccc(Cl)cc2Cl)c(Br)c1. The van der Waals surface area contributed by atoms with Crippen LogP contribution < -0.4 is 10.1 Å². The molecule has 3 nitrogen and oxygen atoms in total. The van der Waals surface area contributed by atoms with Gasteiger partial charge in [-0.2, -0.15) is 13.2 Å². The first kappa shape index (κ1) is 24.1. The predicted molar refractivity (Wildman–Crippen MR) is 131 cm³/mol. The molecule has 3 aromatic rings. The molecule has 10 heteroatoms. The number of benzene rings is 3. The molecule has 1 amide bonds. The van der Waals surface area contributed by atoms with Gasteiger partial charge in [0.1, 0.15) is 12.4 Å². The van der Waals surface area contributed by atoms with Gasteiger partial charge in [-0.1, -0.05) is 35.3 Å². The van der Waals surface area contributed by atoms with Crippen LogP contribution in [0.4, 0.5) is 18.9 Å². The molecule has 0 unspecified atom stereocenters. The molecular weight excluding hydrogens is 610 g/mol. The first-order valence-corrected chi connectivity index (χ1v) is 11.7. The molecule has 0 fully saturated rings. The fourth-order valence-electron chi connectivity index (χ4n) is 3.27. The largest absolute Gasteiger partial charge is 0.486 e. The van der Waals surface area contributed by atoms with Gasteiger partial charge in [-0.05, 0) is 79.9 Å². The van der Waals surface area contributed by atoms with Crippen LogP contribution in [-0.2, 0) is 17.6 Å². The summed E-state index contributed by atoms with van der Waals surface area (Å²) in [5.74, 6) is 0.0449. The number of rotatable bonds is 4. The monoisotopic (exact) mass is 619 g/mol. The van der Waals surface area contributed by atoms with E-state index in [-0.39, 0.29) is 17.9 Å². The van der Waals surface area contributed by atoms with Gasteiger partial charge in [-0.25, -0.2) is 0 Å². The standard InChI is InChI=1S/C23H12Br2Cl2F3NO2/c24-17-6-11(7-18(25)21(17)33-10-12-1-3-14(26)9-19(12)27)5-16-15-4-2-13(23(28,29)30)8-20(15)31-22(16)32/h1-9H,10H2,(H,31,32)/b16-5-. The molecule has 33 heavy (non-hydrogen) atoms. The van der Waals surface area contributed by atoms with Crippen LogP contribution in [-0.4, -0.2) is 5.91 Å². The maximum Gasteiger partial charge on any atom is 0.416 e. The van der Waals surface area contributed by atoms with Gasteiger partial charge in [-0.15, -0.1) is 0 Å². The summed E-state index contributed by atoms with van der Waals surface area (Å²) < 4.78 is 46.0. The van der Waals surface area contributed by atoms with Crippen LogP contribution in [0.3, 0.4) is 0 Å². The third-order valence-electron chi connectivity index (χ3n) is 4.85. The summed E-state index contributed by atoms with van der Waals surface area (Å²) in [6.45, 7) is 0.199. The highest BCUT2D eigenvalue weighted by Gasteiger charge is 2.33. The summed E-state index contributed by atoms with van der Waals surface area (Å²) in [4.78, 5) is 12.4. The van der Waals surface area contributed by atoms with Crippen LogP contribution in [0.25, 0.3) is 11.6 Å². The number of hydrogen-bond donors (Lipinski definition) is 1. The summed E-state index contributed by atoms with van der Waals surface area (Å²) in [7, 11) is 0. The van der Waals surface area contributed by atoms with Crippen molar-refractivity contribution in [1.82, 2.24) is 0 Å². The van der Waals surface area contributed by atoms with Gasteiger partial charge in [-0.3, -0.25) is 4.79 Å². The second-order valence-electron chi connectivity index (χ2n) is 7.11. The van der Waals surface area contributed by atoms with E-state index in [1.165, 1.54) is 6.07 Å². The number of fused-ring (bicyclic) bond motifs is 1. The normalized spacial score (nSPS) is 14.4. The van der Waals surface area contributed by atoms with Gasteiger partial charge in [0.2, 0.25) is 0 Å². The molecule has 0 radical (unpaired) electrons. The lowest BCUT2D eigenvalue weighted by atomic mass is 10.0. The first-order chi connectivity index (χ1) is 15.5. The number of carbonyl (C=O) groups is 1. The number of halogens is 7. The average molecular weight is 622 g/mol. The second-order valence-corrected chi connectivity index (χ2v) is 9.66. The number of anilines is 1. The number of alkyl halides is 3. The highest BCUT2D eigenvalue weighted by Crippen LogP contribution is 2.40. The van der Waals surface area contributed by atoms with Crippen LogP contribution in [0.5, 0.6) is 5.75 Å². The van der Waals surface area contributed by atoms with Crippen molar-refractivity contribution in [1.29, 1.82) is 0 Å². The maximum atomic E-state index is 13.0. The number of hydrogen-bond acceptors (Lipinski definition) is 2. The number of carbonyl (C=O) groups excluding carboxylic acids is 1.